The quantitative estimate of drug-likeness (QED) is 0.431. The highest BCUT2D eigenvalue weighted by molar-refractivity contribution is 7.25. The van der Waals surface area contributed by atoms with Crippen molar-refractivity contribution in [3.8, 4) is 11.1 Å². The standard InChI is InChI=1S/C23H22BNO2S/c1-22(2)23(3,4)27-24(26-22)19-13-18-16-7-5-6-8-20(16)28-21(18)14-17(19)15-9-11-25-12-10-15/h5-14H,1-4H3. The Morgan fingerprint density at radius 2 is 1.50 bits per heavy atom. The van der Waals surface area contributed by atoms with Gasteiger partial charge in [0.15, 0.2) is 0 Å². The summed E-state index contributed by atoms with van der Waals surface area (Å²) >= 11 is 1.82. The van der Waals surface area contributed by atoms with Crippen LogP contribution in [0.3, 0.4) is 0 Å². The molecule has 0 radical (unpaired) electrons. The van der Waals surface area contributed by atoms with Gasteiger partial charge in [-0.05, 0) is 68.6 Å². The first kappa shape index (κ1) is 17.9. The topological polar surface area (TPSA) is 31.4 Å². The molecule has 2 aromatic heterocycles. The Balaban J connectivity index is 1.77. The van der Waals surface area contributed by atoms with Gasteiger partial charge in [0, 0.05) is 32.6 Å². The summed E-state index contributed by atoms with van der Waals surface area (Å²) < 4.78 is 15.4. The first-order valence-electron chi connectivity index (χ1n) is 9.57. The highest BCUT2D eigenvalue weighted by atomic mass is 32.1. The van der Waals surface area contributed by atoms with Crippen LogP contribution >= 0.6 is 11.3 Å². The second-order valence-electron chi connectivity index (χ2n) is 8.36. The zero-order valence-electron chi connectivity index (χ0n) is 16.5. The number of pyridine rings is 1. The molecule has 0 unspecified atom stereocenters. The molecule has 28 heavy (non-hydrogen) atoms. The first-order valence-corrected chi connectivity index (χ1v) is 10.4. The summed E-state index contributed by atoms with van der Waals surface area (Å²) in [7, 11) is -0.406. The van der Waals surface area contributed by atoms with E-state index in [1.54, 1.807) is 0 Å². The van der Waals surface area contributed by atoms with Crippen molar-refractivity contribution in [3.63, 3.8) is 0 Å². The molecule has 3 nitrogen and oxygen atoms in total. The van der Waals surface area contributed by atoms with Crippen LogP contribution in [0, 0.1) is 0 Å². The second kappa shape index (κ2) is 6.15. The van der Waals surface area contributed by atoms with Crippen molar-refractivity contribution in [1.29, 1.82) is 0 Å². The van der Waals surface area contributed by atoms with Gasteiger partial charge in [-0.1, -0.05) is 24.3 Å². The number of hydrogen-bond donors (Lipinski definition) is 0. The Bertz CT molecular complexity index is 1170. The van der Waals surface area contributed by atoms with Crippen LogP contribution in [0.4, 0.5) is 0 Å². The van der Waals surface area contributed by atoms with Crippen LogP contribution in [-0.4, -0.2) is 23.3 Å². The summed E-state index contributed by atoms with van der Waals surface area (Å²) in [6.45, 7) is 8.38. The minimum absolute atomic E-state index is 0.376. The highest BCUT2D eigenvalue weighted by Gasteiger charge is 2.52. The molecule has 0 N–H and O–H groups in total. The van der Waals surface area contributed by atoms with E-state index < -0.39 is 7.12 Å². The SMILES string of the molecule is CC1(C)OB(c2cc3c(cc2-c2ccncc2)sc2ccccc23)OC1(C)C. The lowest BCUT2D eigenvalue weighted by Crippen LogP contribution is -2.41. The molecule has 1 aliphatic heterocycles. The third-order valence-electron chi connectivity index (χ3n) is 6.05. The van der Waals surface area contributed by atoms with Crippen molar-refractivity contribution in [3.05, 3.63) is 60.9 Å². The monoisotopic (exact) mass is 387 g/mol. The van der Waals surface area contributed by atoms with Gasteiger partial charge in [-0.25, -0.2) is 0 Å². The Morgan fingerprint density at radius 1 is 0.821 bits per heavy atom. The van der Waals surface area contributed by atoms with Crippen LogP contribution in [0.25, 0.3) is 31.3 Å². The molecule has 1 aliphatic rings. The number of hydrogen-bond acceptors (Lipinski definition) is 4. The van der Waals surface area contributed by atoms with Gasteiger partial charge in [-0.15, -0.1) is 11.3 Å². The van der Waals surface area contributed by atoms with Gasteiger partial charge in [0.1, 0.15) is 0 Å². The lowest BCUT2D eigenvalue weighted by atomic mass is 9.74. The van der Waals surface area contributed by atoms with Gasteiger partial charge >= 0.3 is 7.12 Å². The minimum atomic E-state index is -0.406. The maximum absolute atomic E-state index is 6.42. The minimum Gasteiger partial charge on any atom is -0.399 e. The number of fused-ring (bicyclic) bond motifs is 3. The fourth-order valence-corrected chi connectivity index (χ4v) is 4.86. The highest BCUT2D eigenvalue weighted by Crippen LogP contribution is 2.40. The number of thiophene rings is 1. The van der Waals surface area contributed by atoms with Crippen molar-refractivity contribution in [2.24, 2.45) is 0 Å². The zero-order valence-corrected chi connectivity index (χ0v) is 17.3. The van der Waals surface area contributed by atoms with E-state index >= 15 is 0 Å². The summed E-state index contributed by atoms with van der Waals surface area (Å²) in [5.41, 5.74) is 2.58. The van der Waals surface area contributed by atoms with Crippen LogP contribution in [-0.2, 0) is 9.31 Å². The molecule has 1 saturated heterocycles. The fourth-order valence-electron chi connectivity index (χ4n) is 3.73. The van der Waals surface area contributed by atoms with Crippen molar-refractivity contribution in [2.75, 3.05) is 0 Å². The lowest BCUT2D eigenvalue weighted by molar-refractivity contribution is 0.00578. The molecule has 0 saturated carbocycles. The van der Waals surface area contributed by atoms with E-state index in [1.807, 2.05) is 35.9 Å². The van der Waals surface area contributed by atoms with E-state index in [0.29, 0.717) is 0 Å². The number of rotatable bonds is 2. The molecule has 0 atom stereocenters. The molecule has 2 aromatic carbocycles. The average molecular weight is 387 g/mol. The molecule has 0 amide bonds. The van der Waals surface area contributed by atoms with Crippen LogP contribution in [0.2, 0.25) is 0 Å². The van der Waals surface area contributed by atoms with E-state index in [1.165, 1.54) is 20.2 Å². The predicted octanol–water partition coefficient (Wildman–Crippen LogP) is 5.42. The van der Waals surface area contributed by atoms with Gasteiger partial charge in [0.05, 0.1) is 11.2 Å². The summed E-state index contributed by atoms with van der Waals surface area (Å²) in [6, 6.07) is 17.2. The van der Waals surface area contributed by atoms with Crippen molar-refractivity contribution in [1.82, 2.24) is 4.98 Å². The van der Waals surface area contributed by atoms with E-state index in [9.17, 15) is 0 Å². The molecule has 1 fully saturated rings. The van der Waals surface area contributed by atoms with Crippen molar-refractivity contribution >= 4 is 44.1 Å². The number of aromatic nitrogens is 1. The second-order valence-corrected chi connectivity index (χ2v) is 9.44. The number of benzene rings is 2. The Kier molecular flexibility index (Phi) is 3.92. The molecular formula is C23H22BNO2S. The third-order valence-corrected chi connectivity index (χ3v) is 7.18. The molecule has 0 bridgehead atoms. The third kappa shape index (κ3) is 2.69. The van der Waals surface area contributed by atoms with E-state index in [4.69, 9.17) is 9.31 Å². The fraction of sp³-hybridized carbons (Fsp3) is 0.261. The zero-order chi connectivity index (χ0) is 19.5. The van der Waals surface area contributed by atoms with Crippen LogP contribution in [0.5, 0.6) is 0 Å². The predicted molar refractivity (Wildman–Crippen MR) is 118 cm³/mol. The van der Waals surface area contributed by atoms with E-state index in [0.717, 1.165) is 16.6 Å². The van der Waals surface area contributed by atoms with Crippen molar-refractivity contribution in [2.45, 2.75) is 38.9 Å². The van der Waals surface area contributed by atoms with E-state index in [2.05, 4.69) is 69.1 Å². The van der Waals surface area contributed by atoms with Gasteiger partial charge in [-0.3, -0.25) is 4.98 Å². The summed E-state index contributed by atoms with van der Waals surface area (Å²) in [5, 5.41) is 2.53. The summed E-state index contributed by atoms with van der Waals surface area (Å²) in [5.74, 6) is 0. The molecule has 0 spiro atoms. The summed E-state index contributed by atoms with van der Waals surface area (Å²) in [4.78, 5) is 4.18. The van der Waals surface area contributed by atoms with Crippen LogP contribution in [0.1, 0.15) is 27.7 Å². The molecule has 3 heterocycles. The Morgan fingerprint density at radius 3 is 2.21 bits per heavy atom. The maximum Gasteiger partial charge on any atom is 0.495 e. The molecular weight excluding hydrogens is 365 g/mol. The maximum atomic E-state index is 6.42. The average Bonchev–Trinajstić information content (AvgIpc) is 3.14. The largest absolute Gasteiger partial charge is 0.495 e. The smallest absolute Gasteiger partial charge is 0.399 e. The normalized spacial score (nSPS) is 18.2. The van der Waals surface area contributed by atoms with E-state index in [-0.39, 0.29) is 11.2 Å². The first-order chi connectivity index (χ1) is 13.4. The van der Waals surface area contributed by atoms with Gasteiger partial charge < -0.3 is 9.31 Å². The number of nitrogens with zero attached hydrogens (tertiary/aromatic N) is 1. The molecule has 5 heteroatoms. The molecule has 140 valence electrons. The van der Waals surface area contributed by atoms with Crippen LogP contribution < -0.4 is 5.46 Å². The van der Waals surface area contributed by atoms with Gasteiger partial charge in [0.25, 0.3) is 0 Å². The molecule has 5 rings (SSSR count). The Hall–Kier alpha value is -2.21. The van der Waals surface area contributed by atoms with Gasteiger partial charge in [-0.2, -0.15) is 0 Å². The molecule has 4 aromatic rings. The molecule has 0 aliphatic carbocycles. The lowest BCUT2D eigenvalue weighted by Gasteiger charge is -2.32. The van der Waals surface area contributed by atoms with Crippen LogP contribution in [0.15, 0.2) is 60.9 Å². The summed E-state index contributed by atoms with van der Waals surface area (Å²) in [6.07, 6.45) is 3.66. The Labute approximate surface area is 169 Å². The van der Waals surface area contributed by atoms with Crippen molar-refractivity contribution < 1.29 is 9.31 Å². The van der Waals surface area contributed by atoms with Gasteiger partial charge in [0.2, 0.25) is 0 Å².